The summed E-state index contributed by atoms with van der Waals surface area (Å²) in [5, 5.41) is 4.20. The largest absolute Gasteiger partial charge is 0.469 e. The molecule has 1 aliphatic heterocycles. The van der Waals surface area contributed by atoms with E-state index >= 15 is 0 Å². The summed E-state index contributed by atoms with van der Waals surface area (Å²) in [6.45, 7) is 3.00. The number of nitrogens with zero attached hydrogens (tertiary/aromatic N) is 3. The molecule has 0 bridgehead atoms. The van der Waals surface area contributed by atoms with Gasteiger partial charge < -0.3 is 14.4 Å². The number of hydrogen-bond donors (Lipinski definition) is 0. The van der Waals surface area contributed by atoms with Gasteiger partial charge in [-0.15, -0.1) is 0 Å². The van der Waals surface area contributed by atoms with Crippen LogP contribution in [0.15, 0.2) is 30.5 Å². The van der Waals surface area contributed by atoms with E-state index in [1.165, 1.54) is 24.1 Å². The molecule has 1 aromatic carbocycles. The molecule has 0 N–H and O–H groups in total. The normalized spacial score (nSPS) is 16.2. The van der Waals surface area contributed by atoms with Crippen molar-refractivity contribution in [2.45, 2.75) is 32.3 Å². The topological polar surface area (TPSA) is 73.7 Å². The van der Waals surface area contributed by atoms with Crippen LogP contribution in [0.1, 0.15) is 35.3 Å². The lowest BCUT2D eigenvalue weighted by Gasteiger charge is -2.25. The van der Waals surface area contributed by atoms with Crippen LogP contribution in [-0.4, -0.2) is 59.5 Å². The number of carbonyl (C=O) groups is 2. The number of para-hydroxylation sites is 1. The smallest absolute Gasteiger partial charge is 0.307 e. The molecule has 0 spiro atoms. The molecule has 0 saturated carbocycles. The monoisotopic (exact) mass is 389 g/mol. The molecule has 1 saturated heterocycles. The van der Waals surface area contributed by atoms with Crippen molar-refractivity contribution in [3.63, 3.8) is 0 Å². The molecule has 3 rings (SSSR count). The highest BCUT2D eigenvalue weighted by molar-refractivity contribution is 5.95. The summed E-state index contributed by atoms with van der Waals surface area (Å²) in [6.07, 6.45) is 3.30. The van der Waals surface area contributed by atoms with E-state index in [-0.39, 0.29) is 36.6 Å². The summed E-state index contributed by atoms with van der Waals surface area (Å²) in [7, 11) is 1.32. The average molecular weight is 389 g/mol. The van der Waals surface area contributed by atoms with Crippen molar-refractivity contribution in [2.75, 3.05) is 26.8 Å². The maximum atomic E-state index is 14.1. The van der Waals surface area contributed by atoms with E-state index in [0.29, 0.717) is 24.4 Å². The van der Waals surface area contributed by atoms with Gasteiger partial charge in [-0.3, -0.25) is 9.59 Å². The van der Waals surface area contributed by atoms with Crippen LogP contribution in [0, 0.1) is 12.7 Å². The molecule has 0 radical (unpaired) electrons. The number of methoxy groups -OCH3 is 1. The van der Waals surface area contributed by atoms with Crippen LogP contribution in [0.5, 0.6) is 0 Å². The van der Waals surface area contributed by atoms with Crippen molar-refractivity contribution >= 4 is 11.9 Å². The maximum Gasteiger partial charge on any atom is 0.307 e. The third-order valence-electron chi connectivity index (χ3n) is 4.87. The summed E-state index contributed by atoms with van der Waals surface area (Å²) < 4.78 is 25.9. The third-order valence-corrected chi connectivity index (χ3v) is 4.87. The van der Waals surface area contributed by atoms with Crippen molar-refractivity contribution in [3.8, 4) is 5.69 Å². The zero-order valence-corrected chi connectivity index (χ0v) is 16.1. The first kappa shape index (κ1) is 20.0. The Labute approximate surface area is 163 Å². The molecule has 1 aromatic heterocycles. The molecule has 28 heavy (non-hydrogen) atoms. The Balaban J connectivity index is 1.83. The zero-order chi connectivity index (χ0) is 20.1. The lowest BCUT2D eigenvalue weighted by Crippen LogP contribution is -2.39. The number of ether oxygens (including phenoxy) is 2. The van der Waals surface area contributed by atoms with Crippen LogP contribution in [0.2, 0.25) is 0 Å². The first-order valence-electron chi connectivity index (χ1n) is 9.28. The number of rotatable bonds is 7. The molecule has 2 aromatic rings. The molecule has 8 heteroatoms. The van der Waals surface area contributed by atoms with Crippen molar-refractivity contribution < 1.29 is 23.5 Å². The summed E-state index contributed by atoms with van der Waals surface area (Å²) in [4.78, 5) is 26.3. The van der Waals surface area contributed by atoms with Gasteiger partial charge in [0.1, 0.15) is 11.5 Å². The predicted octanol–water partition coefficient (Wildman–Crippen LogP) is 2.50. The molecule has 7 nitrogen and oxygen atoms in total. The lowest BCUT2D eigenvalue weighted by atomic mass is 10.1. The van der Waals surface area contributed by atoms with E-state index < -0.39 is 5.82 Å². The number of carbonyl (C=O) groups excluding carboxylic acids is 2. The van der Waals surface area contributed by atoms with Crippen molar-refractivity contribution in [1.82, 2.24) is 14.7 Å². The minimum atomic E-state index is -0.422. The van der Waals surface area contributed by atoms with Crippen LogP contribution in [0.4, 0.5) is 4.39 Å². The zero-order valence-electron chi connectivity index (χ0n) is 16.1. The Kier molecular flexibility index (Phi) is 6.41. The lowest BCUT2D eigenvalue weighted by molar-refractivity contribution is -0.140. The third kappa shape index (κ3) is 4.39. The fourth-order valence-electron chi connectivity index (χ4n) is 3.29. The van der Waals surface area contributed by atoms with Gasteiger partial charge in [-0.05, 0) is 31.9 Å². The fraction of sp³-hybridized carbons (Fsp3) is 0.450. The number of amides is 1. The number of halogens is 1. The van der Waals surface area contributed by atoms with Gasteiger partial charge in [0.15, 0.2) is 0 Å². The SMILES string of the molecule is COC(=O)CCN(CC1CCCO1)C(=O)c1cnn(-c2ccccc2F)c1C. The van der Waals surface area contributed by atoms with Crippen LogP contribution in [-0.2, 0) is 14.3 Å². The van der Waals surface area contributed by atoms with Gasteiger partial charge in [0.05, 0.1) is 37.1 Å². The number of benzene rings is 1. The molecule has 1 aliphatic rings. The second-order valence-electron chi connectivity index (χ2n) is 6.72. The van der Waals surface area contributed by atoms with Crippen LogP contribution >= 0.6 is 0 Å². The Morgan fingerprint density at radius 2 is 2.18 bits per heavy atom. The van der Waals surface area contributed by atoms with Crippen LogP contribution in [0.3, 0.4) is 0 Å². The van der Waals surface area contributed by atoms with E-state index in [0.717, 1.165) is 12.8 Å². The molecule has 0 aliphatic carbocycles. The Morgan fingerprint density at radius 3 is 2.86 bits per heavy atom. The van der Waals surface area contributed by atoms with E-state index in [1.807, 2.05) is 0 Å². The predicted molar refractivity (Wildman–Crippen MR) is 99.8 cm³/mol. The molecule has 150 valence electrons. The highest BCUT2D eigenvalue weighted by Crippen LogP contribution is 2.20. The second-order valence-corrected chi connectivity index (χ2v) is 6.72. The van der Waals surface area contributed by atoms with E-state index in [4.69, 9.17) is 4.74 Å². The molecular formula is C20H24FN3O4. The minimum Gasteiger partial charge on any atom is -0.469 e. The average Bonchev–Trinajstić information content (AvgIpc) is 3.34. The number of hydrogen-bond acceptors (Lipinski definition) is 5. The molecule has 1 amide bonds. The molecule has 1 unspecified atom stereocenters. The maximum absolute atomic E-state index is 14.1. The Hall–Kier alpha value is -2.74. The highest BCUT2D eigenvalue weighted by Gasteiger charge is 2.26. The Bertz CT molecular complexity index is 846. The van der Waals surface area contributed by atoms with Gasteiger partial charge in [-0.2, -0.15) is 5.10 Å². The standard InChI is InChI=1S/C20H24FN3O4/c1-14-16(12-22-24(14)18-8-4-3-7-17(18)21)20(26)23(10-9-19(25)27-2)13-15-6-5-11-28-15/h3-4,7-8,12,15H,5-6,9-11,13H2,1-2H3. The van der Waals surface area contributed by atoms with E-state index in [1.54, 1.807) is 30.0 Å². The van der Waals surface area contributed by atoms with E-state index in [2.05, 4.69) is 9.84 Å². The molecule has 1 fully saturated rings. The molecule has 1 atom stereocenters. The van der Waals surface area contributed by atoms with Gasteiger partial charge in [0, 0.05) is 19.7 Å². The fourth-order valence-corrected chi connectivity index (χ4v) is 3.29. The molecular weight excluding hydrogens is 365 g/mol. The van der Waals surface area contributed by atoms with Gasteiger partial charge in [-0.25, -0.2) is 9.07 Å². The second kappa shape index (κ2) is 8.97. The van der Waals surface area contributed by atoms with Crippen LogP contribution in [0.25, 0.3) is 5.69 Å². The van der Waals surface area contributed by atoms with Gasteiger partial charge in [0.25, 0.3) is 5.91 Å². The first-order valence-corrected chi connectivity index (χ1v) is 9.28. The first-order chi connectivity index (χ1) is 13.5. The summed E-state index contributed by atoms with van der Waals surface area (Å²) in [5.41, 5.74) is 1.18. The van der Waals surface area contributed by atoms with Crippen molar-refractivity contribution in [3.05, 3.63) is 47.5 Å². The van der Waals surface area contributed by atoms with Gasteiger partial charge in [-0.1, -0.05) is 12.1 Å². The van der Waals surface area contributed by atoms with Gasteiger partial charge >= 0.3 is 5.97 Å². The summed E-state index contributed by atoms with van der Waals surface area (Å²) >= 11 is 0. The number of esters is 1. The van der Waals surface area contributed by atoms with Gasteiger partial charge in [0.2, 0.25) is 0 Å². The summed E-state index contributed by atoms with van der Waals surface area (Å²) in [5.74, 6) is -1.07. The van der Waals surface area contributed by atoms with Crippen molar-refractivity contribution in [2.24, 2.45) is 0 Å². The highest BCUT2D eigenvalue weighted by atomic mass is 19.1. The quantitative estimate of drug-likeness (QED) is 0.681. The van der Waals surface area contributed by atoms with E-state index in [9.17, 15) is 14.0 Å². The summed E-state index contributed by atoms with van der Waals surface area (Å²) in [6, 6.07) is 6.25. The number of aromatic nitrogens is 2. The van der Waals surface area contributed by atoms with Crippen LogP contribution < -0.4 is 0 Å². The molecule has 2 heterocycles. The van der Waals surface area contributed by atoms with Crippen molar-refractivity contribution in [1.29, 1.82) is 0 Å². The minimum absolute atomic E-state index is 0.0523. The Morgan fingerprint density at radius 1 is 1.39 bits per heavy atom.